The molecule has 1 fully saturated rings. The molecule has 0 bridgehead atoms. The second-order valence-corrected chi connectivity index (χ2v) is 11.7. The molecule has 0 spiro atoms. The van der Waals surface area contributed by atoms with Gasteiger partial charge in [-0.25, -0.2) is 17.6 Å². The van der Waals surface area contributed by atoms with Crippen molar-refractivity contribution in [2.75, 3.05) is 0 Å². The van der Waals surface area contributed by atoms with E-state index in [0.29, 0.717) is 34.6 Å². The van der Waals surface area contributed by atoms with Gasteiger partial charge in [-0.2, -0.15) is 0 Å². The molecule has 40 heavy (non-hydrogen) atoms. The Hall–Kier alpha value is -2.62. The summed E-state index contributed by atoms with van der Waals surface area (Å²) in [5, 5.41) is 0. The summed E-state index contributed by atoms with van der Waals surface area (Å²) < 4.78 is 60.2. The van der Waals surface area contributed by atoms with Crippen molar-refractivity contribution in [3.8, 4) is 22.3 Å². The zero-order valence-corrected chi connectivity index (χ0v) is 24.2. The van der Waals surface area contributed by atoms with Gasteiger partial charge in [-0.3, -0.25) is 0 Å². The smallest absolute Gasteiger partial charge is 0.166 e. The number of benzene rings is 3. The van der Waals surface area contributed by atoms with Crippen LogP contribution < -0.4 is 0 Å². The van der Waals surface area contributed by atoms with Crippen LogP contribution in [0.2, 0.25) is 0 Å². The van der Waals surface area contributed by atoms with Gasteiger partial charge >= 0.3 is 0 Å². The Balaban J connectivity index is 1.42. The zero-order chi connectivity index (χ0) is 28.5. The fraction of sp³-hybridized carbons (Fsp3) is 0.500. The van der Waals surface area contributed by atoms with Crippen LogP contribution in [-0.2, 0) is 6.42 Å². The van der Waals surface area contributed by atoms with Crippen molar-refractivity contribution >= 4 is 0 Å². The van der Waals surface area contributed by atoms with E-state index in [1.54, 1.807) is 48.5 Å². The third-order valence-corrected chi connectivity index (χ3v) is 8.81. The first-order valence-electron chi connectivity index (χ1n) is 15.5. The first kappa shape index (κ1) is 30.3. The molecule has 4 heteroatoms. The Bertz CT molecular complexity index is 1220. The van der Waals surface area contributed by atoms with E-state index in [1.165, 1.54) is 32.1 Å². The summed E-state index contributed by atoms with van der Waals surface area (Å²) in [4.78, 5) is 0. The third kappa shape index (κ3) is 7.36. The molecule has 4 rings (SSSR count). The van der Waals surface area contributed by atoms with E-state index in [4.69, 9.17) is 0 Å². The lowest BCUT2D eigenvalue weighted by Crippen LogP contribution is -2.14. The lowest BCUT2D eigenvalue weighted by molar-refractivity contribution is 0.303. The molecular weight excluding hydrogens is 508 g/mol. The van der Waals surface area contributed by atoms with Crippen LogP contribution in [0.5, 0.6) is 0 Å². The molecule has 0 atom stereocenters. The fourth-order valence-corrected chi connectivity index (χ4v) is 6.38. The Morgan fingerprint density at radius 1 is 0.550 bits per heavy atom. The molecule has 0 nitrogen and oxygen atoms in total. The van der Waals surface area contributed by atoms with Gasteiger partial charge in [0.25, 0.3) is 0 Å². The molecule has 0 heterocycles. The van der Waals surface area contributed by atoms with Crippen molar-refractivity contribution in [3.05, 3.63) is 82.9 Å². The molecule has 3 aromatic rings. The van der Waals surface area contributed by atoms with Crippen molar-refractivity contribution in [3.63, 3.8) is 0 Å². The van der Waals surface area contributed by atoms with Crippen molar-refractivity contribution in [1.29, 1.82) is 0 Å². The van der Waals surface area contributed by atoms with Crippen LogP contribution >= 0.6 is 0 Å². The molecule has 1 saturated carbocycles. The minimum atomic E-state index is -0.858. The molecule has 3 aromatic carbocycles. The van der Waals surface area contributed by atoms with Crippen LogP contribution in [-0.4, -0.2) is 0 Å². The first-order chi connectivity index (χ1) is 19.4. The summed E-state index contributed by atoms with van der Waals surface area (Å²) in [6.45, 7) is 4.38. The lowest BCUT2D eigenvalue weighted by atomic mass is 9.77. The van der Waals surface area contributed by atoms with Gasteiger partial charge in [0, 0.05) is 11.1 Å². The van der Waals surface area contributed by atoms with E-state index < -0.39 is 23.3 Å². The minimum absolute atomic E-state index is 0.0608. The lowest BCUT2D eigenvalue weighted by Gasteiger charge is -2.29. The number of unbranched alkanes of at least 4 members (excludes halogenated alkanes) is 6. The van der Waals surface area contributed by atoms with Crippen LogP contribution in [0.25, 0.3) is 22.3 Å². The molecule has 0 unspecified atom stereocenters. The highest BCUT2D eigenvalue weighted by molar-refractivity contribution is 5.71. The number of halogens is 4. The van der Waals surface area contributed by atoms with Crippen molar-refractivity contribution in [2.24, 2.45) is 5.92 Å². The molecule has 0 saturated heterocycles. The molecule has 1 aliphatic rings. The molecule has 216 valence electrons. The highest BCUT2D eigenvalue weighted by Crippen LogP contribution is 2.40. The second kappa shape index (κ2) is 14.8. The van der Waals surface area contributed by atoms with Crippen molar-refractivity contribution in [1.82, 2.24) is 0 Å². The predicted molar refractivity (Wildman–Crippen MR) is 158 cm³/mol. The van der Waals surface area contributed by atoms with Gasteiger partial charge in [-0.05, 0) is 72.6 Å². The van der Waals surface area contributed by atoms with Gasteiger partial charge in [0.2, 0.25) is 0 Å². The van der Waals surface area contributed by atoms with Gasteiger partial charge in [0.05, 0.1) is 0 Å². The van der Waals surface area contributed by atoms with Gasteiger partial charge < -0.3 is 0 Å². The van der Waals surface area contributed by atoms with E-state index >= 15 is 13.2 Å². The maximum Gasteiger partial charge on any atom is 0.166 e. The van der Waals surface area contributed by atoms with Gasteiger partial charge in [-0.1, -0.05) is 114 Å². The Morgan fingerprint density at radius 3 is 1.70 bits per heavy atom. The molecule has 0 radical (unpaired) electrons. The highest BCUT2D eigenvalue weighted by Gasteiger charge is 2.26. The average Bonchev–Trinajstić information content (AvgIpc) is 2.97. The Kier molecular flexibility index (Phi) is 11.3. The average molecular weight is 553 g/mol. The third-order valence-electron chi connectivity index (χ3n) is 8.81. The zero-order valence-electron chi connectivity index (χ0n) is 24.2. The summed E-state index contributed by atoms with van der Waals surface area (Å²) >= 11 is 0. The number of rotatable bonds is 13. The van der Waals surface area contributed by atoms with E-state index in [0.717, 1.165) is 51.4 Å². The van der Waals surface area contributed by atoms with Gasteiger partial charge in [0.15, 0.2) is 23.3 Å². The molecule has 1 aliphatic carbocycles. The molecule has 0 N–H and O–H groups in total. The highest BCUT2D eigenvalue weighted by atomic mass is 19.2. The summed E-state index contributed by atoms with van der Waals surface area (Å²) in [6, 6.07) is 13.2. The summed E-state index contributed by atoms with van der Waals surface area (Å²) in [5.41, 5.74) is 2.25. The standard InChI is InChI=1S/C36H44F4/c1-3-5-6-7-8-9-10-12-29-21-22-30(34(38)33(29)37)27-17-19-28(20-18-27)32-24-23-31(35(39)36(32)40)26-15-13-25(11-4-2)14-16-26/h17-26H,3-16H2,1-2H3. The fourth-order valence-electron chi connectivity index (χ4n) is 6.38. The monoisotopic (exact) mass is 552 g/mol. The van der Waals surface area contributed by atoms with E-state index in [-0.39, 0.29) is 17.0 Å². The molecule has 0 aliphatic heterocycles. The van der Waals surface area contributed by atoms with E-state index in [1.807, 2.05) is 0 Å². The Labute approximate surface area is 238 Å². The second-order valence-electron chi connectivity index (χ2n) is 11.7. The van der Waals surface area contributed by atoms with Crippen molar-refractivity contribution < 1.29 is 17.6 Å². The number of hydrogen-bond donors (Lipinski definition) is 0. The van der Waals surface area contributed by atoms with Crippen LogP contribution in [0.4, 0.5) is 17.6 Å². The van der Waals surface area contributed by atoms with E-state index in [2.05, 4.69) is 13.8 Å². The predicted octanol–water partition coefficient (Wildman–Crippen LogP) is 11.9. The largest absolute Gasteiger partial charge is 0.203 e. The Morgan fingerprint density at radius 2 is 1.10 bits per heavy atom. The van der Waals surface area contributed by atoms with Crippen LogP contribution in [0.3, 0.4) is 0 Å². The summed E-state index contributed by atoms with van der Waals surface area (Å²) in [5.74, 6) is -2.49. The maximum atomic E-state index is 15.2. The first-order valence-corrected chi connectivity index (χ1v) is 15.5. The van der Waals surface area contributed by atoms with Crippen molar-refractivity contribution in [2.45, 2.75) is 110 Å². The molecule has 0 amide bonds. The molecule has 0 aromatic heterocycles. The molecular formula is C36H44F4. The SMILES string of the molecule is CCCCCCCCCc1ccc(-c2ccc(-c3ccc(C4CCC(CCC)CC4)c(F)c3F)cc2)c(F)c1F. The number of aryl methyl sites for hydroxylation is 1. The van der Waals surface area contributed by atoms with Gasteiger partial charge in [0.1, 0.15) is 0 Å². The van der Waals surface area contributed by atoms with Crippen LogP contribution in [0.1, 0.15) is 114 Å². The maximum absolute atomic E-state index is 15.2. The van der Waals surface area contributed by atoms with Crippen LogP contribution in [0, 0.1) is 29.2 Å². The summed E-state index contributed by atoms with van der Waals surface area (Å²) in [7, 11) is 0. The minimum Gasteiger partial charge on any atom is -0.203 e. The number of hydrogen-bond acceptors (Lipinski definition) is 0. The quantitative estimate of drug-likeness (QED) is 0.146. The van der Waals surface area contributed by atoms with Gasteiger partial charge in [-0.15, -0.1) is 0 Å². The van der Waals surface area contributed by atoms with E-state index in [9.17, 15) is 4.39 Å². The van der Waals surface area contributed by atoms with Crippen LogP contribution in [0.15, 0.2) is 48.5 Å². The normalized spacial score (nSPS) is 17.4. The topological polar surface area (TPSA) is 0 Å². The summed E-state index contributed by atoms with van der Waals surface area (Å²) in [6.07, 6.45) is 14.7.